The molecule has 186 valence electrons. The number of benzene rings is 1. The molecule has 0 saturated carbocycles. The third-order valence-corrected chi connectivity index (χ3v) is 7.20. The van der Waals surface area contributed by atoms with Crippen LogP contribution in [0.15, 0.2) is 52.6 Å². The first-order valence-corrected chi connectivity index (χ1v) is 12.2. The van der Waals surface area contributed by atoms with Crippen LogP contribution >= 0.6 is 23.4 Å². The Hall–Kier alpha value is -1.94. The number of hydrogen-bond acceptors (Lipinski definition) is 4. The Labute approximate surface area is 202 Å². The largest absolute Gasteiger partial charge is 0.416 e. The van der Waals surface area contributed by atoms with Crippen molar-refractivity contribution in [3.05, 3.63) is 53.1 Å². The lowest BCUT2D eigenvalue weighted by Gasteiger charge is -2.40. The summed E-state index contributed by atoms with van der Waals surface area (Å²) in [5.74, 6) is 0.141. The van der Waals surface area contributed by atoms with Crippen molar-refractivity contribution < 1.29 is 31.1 Å². The maximum absolute atomic E-state index is 14.7. The third kappa shape index (κ3) is 4.89. The summed E-state index contributed by atoms with van der Waals surface area (Å²) in [5, 5.41) is 5.45. The molecule has 1 aromatic carbocycles. The minimum atomic E-state index is -4.81. The monoisotopic (exact) mass is 524 g/mol. The molecule has 0 N–H and O–H groups in total. The fourth-order valence-corrected chi connectivity index (χ4v) is 5.15. The van der Waals surface area contributed by atoms with Crippen LogP contribution < -0.4 is 5.01 Å². The van der Waals surface area contributed by atoms with Gasteiger partial charge >= 0.3 is 12.4 Å². The average molecular weight is 525 g/mol. The van der Waals surface area contributed by atoms with E-state index in [1.165, 1.54) is 35.8 Å². The van der Waals surface area contributed by atoms with Gasteiger partial charge in [-0.3, -0.25) is 9.80 Å². The number of alkyl halides is 6. The Morgan fingerprint density at radius 3 is 2.32 bits per heavy atom. The molecule has 3 rings (SSSR count). The van der Waals surface area contributed by atoms with Gasteiger partial charge in [0.05, 0.1) is 28.9 Å². The molecule has 0 aromatic heterocycles. The maximum atomic E-state index is 14.7. The minimum Gasteiger partial charge on any atom is -0.299 e. The average Bonchev–Trinajstić information content (AvgIpc) is 3.14. The second kappa shape index (κ2) is 9.60. The number of anilines is 1. The summed E-state index contributed by atoms with van der Waals surface area (Å²) < 4.78 is 82.9. The number of rotatable bonds is 7. The van der Waals surface area contributed by atoms with Crippen molar-refractivity contribution in [1.82, 2.24) is 0 Å². The summed E-state index contributed by atoms with van der Waals surface area (Å²) in [7, 11) is 0. The number of ketones is 1. The van der Waals surface area contributed by atoms with Gasteiger partial charge in [-0.05, 0) is 62.1 Å². The highest BCUT2D eigenvalue weighted by Gasteiger charge is 2.65. The first-order chi connectivity index (χ1) is 15.8. The second-order valence-corrected chi connectivity index (χ2v) is 9.88. The Balaban J connectivity index is 2.16. The quantitative estimate of drug-likeness (QED) is 0.278. The molecule has 34 heavy (non-hydrogen) atoms. The lowest BCUT2D eigenvalue weighted by atomic mass is 9.63. The summed E-state index contributed by atoms with van der Waals surface area (Å²) in [6.45, 7) is 1.03. The highest BCUT2D eigenvalue weighted by atomic mass is 35.5. The summed E-state index contributed by atoms with van der Waals surface area (Å²) in [5.41, 5.74) is -5.28. The normalized spacial score (nSPS) is 25.4. The van der Waals surface area contributed by atoms with E-state index in [1.54, 1.807) is 0 Å². The fraction of sp³-hybridized carbons (Fsp3) is 0.478. The number of nitrogens with zero attached hydrogens (tertiary/aromatic N) is 2. The number of hydrazone groups is 1. The Morgan fingerprint density at radius 2 is 1.82 bits per heavy atom. The Bertz CT molecular complexity index is 1020. The van der Waals surface area contributed by atoms with Gasteiger partial charge in [0.2, 0.25) is 0 Å². The molecule has 1 aliphatic heterocycles. The number of hydrogen-bond donors (Lipinski definition) is 0. The molecule has 1 aliphatic carbocycles. The van der Waals surface area contributed by atoms with Crippen molar-refractivity contribution in [1.29, 1.82) is 0 Å². The van der Waals surface area contributed by atoms with Crippen molar-refractivity contribution in [3.8, 4) is 0 Å². The van der Waals surface area contributed by atoms with Crippen LogP contribution in [-0.4, -0.2) is 36.2 Å². The van der Waals surface area contributed by atoms with Crippen LogP contribution in [0, 0.1) is 10.8 Å². The lowest BCUT2D eigenvalue weighted by Crippen LogP contribution is -2.53. The predicted octanol–water partition coefficient (Wildman–Crippen LogP) is 7.23. The zero-order chi connectivity index (χ0) is 25.4. The molecule has 0 radical (unpaired) electrons. The zero-order valence-electron chi connectivity index (χ0n) is 18.4. The van der Waals surface area contributed by atoms with Crippen LogP contribution in [0.1, 0.15) is 31.7 Å². The predicted molar refractivity (Wildman–Crippen MR) is 123 cm³/mol. The van der Waals surface area contributed by atoms with Gasteiger partial charge in [0.1, 0.15) is 11.2 Å². The van der Waals surface area contributed by atoms with E-state index in [4.69, 9.17) is 11.6 Å². The minimum absolute atomic E-state index is 0.0305. The van der Waals surface area contributed by atoms with Gasteiger partial charge in [-0.15, -0.1) is 0 Å². The molecule has 0 bridgehead atoms. The molecule has 2 aliphatic rings. The van der Waals surface area contributed by atoms with Crippen LogP contribution in [0.4, 0.5) is 32.0 Å². The van der Waals surface area contributed by atoms with Crippen molar-refractivity contribution in [2.75, 3.05) is 23.6 Å². The number of Topliss-reactive ketones (excluding diaryl/α,β-unsaturated/α-hetero) is 1. The molecule has 1 heterocycles. The maximum Gasteiger partial charge on any atom is 0.416 e. The van der Waals surface area contributed by atoms with Crippen molar-refractivity contribution in [2.45, 2.75) is 38.5 Å². The van der Waals surface area contributed by atoms with Gasteiger partial charge in [-0.2, -0.15) is 43.2 Å². The Morgan fingerprint density at radius 1 is 1.18 bits per heavy atom. The fourth-order valence-electron chi connectivity index (χ4n) is 4.43. The molecule has 0 fully saturated rings. The molecule has 1 aromatic rings. The van der Waals surface area contributed by atoms with Crippen LogP contribution in [0.2, 0.25) is 0 Å². The van der Waals surface area contributed by atoms with E-state index in [0.29, 0.717) is 12.2 Å². The summed E-state index contributed by atoms with van der Waals surface area (Å²) in [6, 6.07) is 3.97. The van der Waals surface area contributed by atoms with E-state index >= 15 is 0 Å². The summed E-state index contributed by atoms with van der Waals surface area (Å²) in [6.07, 6.45) is -4.01. The van der Waals surface area contributed by atoms with Crippen LogP contribution in [0.25, 0.3) is 0 Å². The first kappa shape index (κ1) is 26.7. The number of halogens is 7. The smallest absolute Gasteiger partial charge is 0.299 e. The van der Waals surface area contributed by atoms with Gasteiger partial charge in [0, 0.05) is 11.5 Å². The topological polar surface area (TPSA) is 32.7 Å². The second-order valence-electron chi connectivity index (χ2n) is 8.40. The summed E-state index contributed by atoms with van der Waals surface area (Å²) in [4.78, 5) is 13.0. The molecule has 0 saturated heterocycles. The first-order valence-electron chi connectivity index (χ1n) is 10.4. The van der Waals surface area contributed by atoms with Crippen LogP contribution in [0.3, 0.4) is 0 Å². The van der Waals surface area contributed by atoms with Crippen molar-refractivity contribution >= 4 is 40.5 Å². The molecule has 0 spiro atoms. The van der Waals surface area contributed by atoms with E-state index in [0.717, 1.165) is 30.3 Å². The highest BCUT2D eigenvalue weighted by molar-refractivity contribution is 7.98. The van der Waals surface area contributed by atoms with Crippen molar-refractivity contribution in [3.63, 3.8) is 0 Å². The zero-order valence-corrected chi connectivity index (χ0v) is 20.0. The molecular formula is C23H23ClF6N2OS. The van der Waals surface area contributed by atoms with Crippen LogP contribution in [-0.2, 0) is 11.0 Å². The number of thioether (sulfide) groups is 1. The van der Waals surface area contributed by atoms with Crippen LogP contribution in [0.5, 0.6) is 0 Å². The van der Waals surface area contributed by atoms with E-state index in [1.807, 2.05) is 6.26 Å². The SMILES string of the molecule is CSCCCC1(C(C)=O)CN(c2ccc(C(F)(F)F)cc2)N=C1C1(C(F)(F)F)C=CC=C(Cl)C1. The number of allylic oxidation sites excluding steroid dienone is 4. The molecule has 2 atom stereocenters. The van der Waals surface area contributed by atoms with Gasteiger partial charge in [0.15, 0.2) is 0 Å². The van der Waals surface area contributed by atoms with Gasteiger partial charge in [-0.1, -0.05) is 23.8 Å². The van der Waals surface area contributed by atoms with Crippen molar-refractivity contribution in [2.24, 2.45) is 15.9 Å². The standard InChI is InChI=1S/C23H23ClF6N2OS/c1-15(33)20(10-4-12-34-2)14-32(18-8-6-16(7-9-18)22(25,26)27)31-19(20)21(23(28,29)30)11-3-5-17(24)13-21/h3,5-9,11H,4,10,12-14H2,1-2H3. The molecule has 0 amide bonds. The Kier molecular flexibility index (Phi) is 7.53. The molecule has 11 heteroatoms. The van der Waals surface area contributed by atoms with E-state index in [9.17, 15) is 31.1 Å². The molecular weight excluding hydrogens is 502 g/mol. The lowest BCUT2D eigenvalue weighted by molar-refractivity contribution is -0.183. The van der Waals surface area contributed by atoms with E-state index < -0.39 is 41.0 Å². The third-order valence-electron chi connectivity index (χ3n) is 6.25. The molecule has 3 nitrogen and oxygen atoms in total. The number of carbonyl (C=O) groups is 1. The molecule has 2 unspecified atom stereocenters. The van der Waals surface area contributed by atoms with Gasteiger partial charge in [0.25, 0.3) is 0 Å². The van der Waals surface area contributed by atoms with Gasteiger partial charge < -0.3 is 0 Å². The van der Waals surface area contributed by atoms with E-state index in [2.05, 4.69) is 5.10 Å². The number of carbonyl (C=O) groups excluding carboxylic acids is 1. The highest BCUT2D eigenvalue weighted by Crippen LogP contribution is 2.55. The van der Waals surface area contributed by atoms with Gasteiger partial charge in [-0.25, -0.2) is 0 Å². The summed E-state index contributed by atoms with van der Waals surface area (Å²) >= 11 is 7.55. The van der Waals surface area contributed by atoms with E-state index in [-0.39, 0.29) is 29.4 Å².